The van der Waals surface area contributed by atoms with E-state index in [4.69, 9.17) is 21.1 Å². The molecule has 0 unspecified atom stereocenters. The molecule has 3 aliphatic rings. The number of fused-ring (bicyclic) bond motifs is 1. The molecule has 53 heavy (non-hydrogen) atoms. The van der Waals surface area contributed by atoms with Crippen LogP contribution in [0, 0.1) is 11.8 Å². The van der Waals surface area contributed by atoms with Gasteiger partial charge in [-0.15, -0.1) is 13.2 Å². The maximum Gasteiger partial charge on any atom is 0.313 e. The molecule has 6 rings (SSSR count). The number of para-hydroxylation sites is 1. The van der Waals surface area contributed by atoms with Crippen LogP contribution in [0.2, 0.25) is 5.02 Å². The van der Waals surface area contributed by atoms with Gasteiger partial charge in [0.05, 0.1) is 47.3 Å². The first kappa shape index (κ1) is 38.0. The van der Waals surface area contributed by atoms with Gasteiger partial charge in [-0.25, -0.2) is 0 Å². The summed E-state index contributed by atoms with van der Waals surface area (Å²) in [5, 5.41) is 11.2. The van der Waals surface area contributed by atoms with Crippen LogP contribution in [-0.4, -0.2) is 82.6 Å². The van der Waals surface area contributed by atoms with E-state index in [0.717, 1.165) is 0 Å². The minimum Gasteiger partial charge on any atom is -0.455 e. The average Bonchev–Trinajstić information content (AvgIpc) is 3.83. The van der Waals surface area contributed by atoms with Gasteiger partial charge in [0.2, 0.25) is 11.8 Å². The first-order valence-electron chi connectivity index (χ1n) is 18.0. The lowest BCUT2D eigenvalue weighted by Crippen LogP contribution is -2.57. The van der Waals surface area contributed by atoms with Crippen molar-refractivity contribution >= 4 is 41.0 Å². The second-order valence-electron chi connectivity index (χ2n) is 13.9. The highest BCUT2D eigenvalue weighted by molar-refractivity contribution is 6.34. The van der Waals surface area contributed by atoms with Crippen molar-refractivity contribution in [1.29, 1.82) is 0 Å². The van der Waals surface area contributed by atoms with Crippen molar-refractivity contribution in [3.8, 4) is 0 Å². The Morgan fingerprint density at radius 3 is 2.28 bits per heavy atom. The summed E-state index contributed by atoms with van der Waals surface area (Å²) in [7, 11) is 1.68. The van der Waals surface area contributed by atoms with Crippen molar-refractivity contribution in [3.63, 3.8) is 0 Å². The fourth-order valence-corrected chi connectivity index (χ4v) is 8.62. The minimum atomic E-state index is -1.39. The molecule has 278 valence electrons. The number of nitrogens with zero attached hydrogens (tertiary/aromatic N) is 3. The Bertz CT molecular complexity index is 1840. The summed E-state index contributed by atoms with van der Waals surface area (Å²) in [5.41, 5.74) is 0.353. The lowest BCUT2D eigenvalue weighted by atomic mass is 9.70. The number of hydrogen-bond donors (Lipinski definition) is 1. The average molecular weight is 740 g/mol. The molecule has 8 atom stereocenters. The number of hydrogen-bond acceptors (Lipinski definition) is 7. The number of rotatable bonds is 15. The smallest absolute Gasteiger partial charge is 0.313 e. The first-order valence-corrected chi connectivity index (χ1v) is 18.4. The molecule has 3 heterocycles. The number of aliphatic hydroxyl groups excluding tert-OH is 1. The van der Waals surface area contributed by atoms with Gasteiger partial charge < -0.3 is 29.3 Å². The van der Waals surface area contributed by atoms with Crippen LogP contribution in [-0.2, 0) is 28.7 Å². The van der Waals surface area contributed by atoms with Crippen molar-refractivity contribution < 1.29 is 33.8 Å². The van der Waals surface area contributed by atoms with Crippen LogP contribution in [0.25, 0.3) is 0 Å². The van der Waals surface area contributed by atoms with Gasteiger partial charge in [-0.3, -0.25) is 19.2 Å². The van der Waals surface area contributed by atoms with E-state index in [1.807, 2.05) is 43.3 Å². The number of carbonyl (C=O) groups excluding carboxylic acids is 4. The highest BCUT2D eigenvalue weighted by Gasteiger charge is 2.76. The van der Waals surface area contributed by atoms with Gasteiger partial charge in [-0.05, 0) is 49.4 Å². The molecule has 2 bridgehead atoms. The second-order valence-corrected chi connectivity index (χ2v) is 14.3. The molecule has 3 aromatic carbocycles. The van der Waals surface area contributed by atoms with Crippen LogP contribution in [0.1, 0.15) is 55.9 Å². The summed E-state index contributed by atoms with van der Waals surface area (Å²) < 4.78 is 13.1. The predicted octanol–water partition coefficient (Wildman–Crippen LogP) is 6.06. The Balaban J connectivity index is 1.40. The maximum absolute atomic E-state index is 15.1. The molecule has 1 spiro atoms. The molecule has 3 aromatic rings. The molecule has 0 saturated carbocycles. The summed E-state index contributed by atoms with van der Waals surface area (Å²) in [5.74, 6) is -3.83. The van der Waals surface area contributed by atoms with E-state index in [0.29, 0.717) is 41.1 Å². The Kier molecular flexibility index (Phi) is 11.5. The number of ether oxygens (including phenoxy) is 2. The number of aliphatic hydroxyl groups is 1. The first-order chi connectivity index (χ1) is 25.6. The molecule has 3 amide bonds. The number of benzene rings is 3. The van der Waals surface area contributed by atoms with E-state index in [-0.39, 0.29) is 18.9 Å². The third-order valence-electron chi connectivity index (χ3n) is 11.0. The molecule has 0 radical (unpaired) electrons. The summed E-state index contributed by atoms with van der Waals surface area (Å²) in [6.45, 7) is 9.01. The number of carbonyl (C=O) groups is 4. The normalized spacial score (nSPS) is 24.5. The molecule has 0 aliphatic carbocycles. The molecule has 11 heteroatoms. The zero-order chi connectivity index (χ0) is 37.9. The van der Waals surface area contributed by atoms with Gasteiger partial charge in [-0.2, -0.15) is 0 Å². The quantitative estimate of drug-likeness (QED) is 0.149. The van der Waals surface area contributed by atoms with Crippen LogP contribution >= 0.6 is 11.6 Å². The largest absolute Gasteiger partial charge is 0.455 e. The lowest BCUT2D eigenvalue weighted by molar-refractivity contribution is -0.165. The van der Waals surface area contributed by atoms with Crippen LogP contribution in [0.15, 0.2) is 110 Å². The molecule has 3 aliphatic heterocycles. The zero-order valence-corrected chi connectivity index (χ0v) is 30.8. The topological polar surface area (TPSA) is 117 Å². The lowest BCUT2D eigenvalue weighted by Gasteiger charge is -2.39. The summed E-state index contributed by atoms with van der Waals surface area (Å²) >= 11 is 6.63. The molecule has 10 nitrogen and oxygen atoms in total. The summed E-state index contributed by atoms with van der Waals surface area (Å²) in [6, 6.07) is 22.4. The molecule has 3 saturated heterocycles. The Morgan fingerprint density at radius 1 is 1.02 bits per heavy atom. The molecular weight excluding hydrogens is 694 g/mol. The van der Waals surface area contributed by atoms with Gasteiger partial charge in [0.25, 0.3) is 5.91 Å². The van der Waals surface area contributed by atoms with E-state index >= 15 is 4.79 Å². The third kappa shape index (κ3) is 6.91. The van der Waals surface area contributed by atoms with E-state index < -0.39 is 72.2 Å². The van der Waals surface area contributed by atoms with Gasteiger partial charge in [0.15, 0.2) is 0 Å². The number of esters is 1. The van der Waals surface area contributed by atoms with Crippen LogP contribution in [0.4, 0.5) is 5.69 Å². The van der Waals surface area contributed by atoms with Crippen LogP contribution < -0.4 is 4.90 Å². The van der Waals surface area contributed by atoms with Crippen molar-refractivity contribution in [2.24, 2.45) is 11.8 Å². The number of halogens is 1. The SMILES string of the molecule is C=CCCC(=O)N(C)[C@@H](C)[C@@H](OC(=O)[C@@H]1[C@@H]2CC[C@]3(O2)[C@H](C(=O)N(CC=C)c2ccccc2Cl)N([C@H](CO)c2ccccc2)C(=O)[C@@H]13)c1ccccc1. The standard InChI is InChI=1S/C42H46ClN3O7/c1-5-7-22-34(48)44(4)27(3)37(29-18-12-9-13-19-29)52-41(51)35-33-23-24-42(53-33)36(35)39(49)46(32(26-47)28-16-10-8-11-17-28)38(42)40(50)45(25-6-2)31-21-15-14-20-30(31)43/h5-6,8-21,27,32-33,35-38,47H,1-2,7,22-26H2,3-4H3/t27-,32+,33-,35+,36+,37+,38-,42+/m0/s1. The Morgan fingerprint density at radius 2 is 1.66 bits per heavy atom. The predicted molar refractivity (Wildman–Crippen MR) is 202 cm³/mol. The van der Waals surface area contributed by atoms with E-state index in [1.165, 1.54) is 9.80 Å². The molecular formula is C42H46ClN3O7. The second kappa shape index (κ2) is 16.1. The van der Waals surface area contributed by atoms with Crippen molar-refractivity contribution in [2.75, 3.05) is 25.1 Å². The van der Waals surface area contributed by atoms with E-state index in [2.05, 4.69) is 13.2 Å². The molecule has 1 N–H and O–H groups in total. The van der Waals surface area contributed by atoms with Crippen LogP contribution in [0.5, 0.6) is 0 Å². The number of allylic oxidation sites excluding steroid dienone is 1. The highest BCUT2D eigenvalue weighted by Crippen LogP contribution is 2.60. The monoisotopic (exact) mass is 739 g/mol. The van der Waals surface area contributed by atoms with Crippen LogP contribution in [0.3, 0.4) is 0 Å². The molecule has 0 aromatic heterocycles. The van der Waals surface area contributed by atoms with Crippen molar-refractivity contribution in [2.45, 2.75) is 68.5 Å². The van der Waals surface area contributed by atoms with E-state index in [1.54, 1.807) is 72.6 Å². The minimum absolute atomic E-state index is 0.0849. The maximum atomic E-state index is 15.1. The van der Waals surface area contributed by atoms with Crippen molar-refractivity contribution in [1.82, 2.24) is 9.80 Å². The Labute approximate surface area is 315 Å². The number of likely N-dealkylation sites (tertiary alicyclic amines) is 1. The third-order valence-corrected chi connectivity index (χ3v) is 11.4. The Hall–Kier alpha value is -4.77. The number of amides is 3. The highest BCUT2D eigenvalue weighted by atomic mass is 35.5. The van der Waals surface area contributed by atoms with E-state index in [9.17, 15) is 19.5 Å². The fraction of sp³-hybridized carbons (Fsp3) is 0.381. The van der Waals surface area contributed by atoms with Gasteiger partial charge in [0.1, 0.15) is 17.7 Å². The molecule has 3 fully saturated rings. The summed E-state index contributed by atoms with van der Waals surface area (Å²) in [6.07, 6.45) is 3.22. The summed E-state index contributed by atoms with van der Waals surface area (Å²) in [4.78, 5) is 62.2. The van der Waals surface area contributed by atoms with Gasteiger partial charge >= 0.3 is 5.97 Å². The number of anilines is 1. The fourth-order valence-electron chi connectivity index (χ4n) is 8.38. The number of likely N-dealkylation sites (N-methyl/N-ethyl adjacent to an activating group) is 1. The van der Waals surface area contributed by atoms with Crippen molar-refractivity contribution in [3.05, 3.63) is 126 Å². The van der Waals surface area contributed by atoms with Gasteiger partial charge in [0, 0.05) is 20.0 Å². The zero-order valence-electron chi connectivity index (χ0n) is 30.1. The van der Waals surface area contributed by atoms with Gasteiger partial charge in [-0.1, -0.05) is 96.5 Å².